The lowest BCUT2D eigenvalue weighted by molar-refractivity contribution is -0.389. The molecule has 26 heavy (non-hydrogen) atoms. The Labute approximate surface area is 147 Å². The van der Waals surface area contributed by atoms with Crippen molar-refractivity contribution >= 4 is 11.7 Å². The van der Waals surface area contributed by atoms with Crippen molar-refractivity contribution in [2.45, 2.75) is 24.9 Å². The van der Waals surface area contributed by atoms with E-state index in [4.69, 9.17) is 0 Å². The molecular formula is C16H17F2N5O3. The minimum Gasteiger partial charge on any atom is -0.358 e. The minimum atomic E-state index is -0.921. The van der Waals surface area contributed by atoms with Crippen LogP contribution in [0.1, 0.15) is 17.9 Å². The van der Waals surface area contributed by atoms with E-state index in [1.807, 2.05) is 0 Å². The minimum absolute atomic E-state index is 0.165. The molecule has 10 heteroatoms. The summed E-state index contributed by atoms with van der Waals surface area (Å²) in [6, 6.07) is 4.64. The second-order valence-corrected chi connectivity index (χ2v) is 6.08. The first-order valence-electron chi connectivity index (χ1n) is 8.07. The van der Waals surface area contributed by atoms with E-state index in [-0.39, 0.29) is 30.2 Å². The summed E-state index contributed by atoms with van der Waals surface area (Å²) in [5, 5.41) is 20.3. The second-order valence-electron chi connectivity index (χ2n) is 6.08. The highest BCUT2D eigenvalue weighted by Crippen LogP contribution is 2.27. The Kier molecular flexibility index (Phi) is 5.21. The maximum Gasteiger partial charge on any atom is 0.389 e. The lowest BCUT2D eigenvalue weighted by atomic mass is 9.86. The van der Waals surface area contributed by atoms with Crippen LogP contribution in [0, 0.1) is 21.7 Å². The molecule has 2 aromatic rings. The summed E-state index contributed by atoms with van der Waals surface area (Å²) in [7, 11) is 0. The van der Waals surface area contributed by atoms with Crippen LogP contribution in [-0.4, -0.2) is 39.7 Å². The van der Waals surface area contributed by atoms with Crippen LogP contribution in [0.3, 0.4) is 0 Å². The van der Waals surface area contributed by atoms with Gasteiger partial charge in [-0.2, -0.15) is 4.68 Å². The van der Waals surface area contributed by atoms with E-state index >= 15 is 0 Å². The average molecular weight is 365 g/mol. The Morgan fingerprint density at radius 3 is 2.88 bits per heavy atom. The fraction of sp³-hybridized carbons (Fsp3) is 0.375. The van der Waals surface area contributed by atoms with Gasteiger partial charge in [-0.05, 0) is 35.6 Å². The summed E-state index contributed by atoms with van der Waals surface area (Å²) in [5.74, 6) is -2.71. The molecule has 3 rings (SSSR count). The monoisotopic (exact) mass is 365 g/mol. The Hall–Kier alpha value is -2.88. The number of hydrogen-bond acceptors (Lipinski definition) is 5. The number of hydrogen-bond donors (Lipinski definition) is 2. The summed E-state index contributed by atoms with van der Waals surface area (Å²) in [6.07, 6.45) is 2.01. The summed E-state index contributed by atoms with van der Waals surface area (Å²) in [5.41, 5.74) is 0.616. The van der Waals surface area contributed by atoms with Gasteiger partial charge in [0.25, 0.3) is 0 Å². The molecule has 138 valence electrons. The summed E-state index contributed by atoms with van der Waals surface area (Å²) in [6.45, 7) is 1.00. The number of carbonyl (C=O) groups is 1. The predicted octanol–water partition coefficient (Wildman–Crippen LogP) is 1.33. The molecule has 1 amide bonds. The third-order valence-electron chi connectivity index (χ3n) is 4.32. The first-order chi connectivity index (χ1) is 12.4. The molecule has 0 bridgehead atoms. The number of nitro groups is 1. The van der Waals surface area contributed by atoms with Gasteiger partial charge in [0, 0.05) is 18.5 Å². The highest BCUT2D eigenvalue weighted by Gasteiger charge is 2.28. The highest BCUT2D eigenvalue weighted by atomic mass is 19.2. The molecule has 0 radical (unpaired) electrons. The van der Waals surface area contributed by atoms with E-state index in [1.165, 1.54) is 23.0 Å². The number of aromatic nitrogens is 2. The fourth-order valence-corrected chi connectivity index (χ4v) is 3.09. The number of benzene rings is 1. The van der Waals surface area contributed by atoms with E-state index in [1.54, 1.807) is 0 Å². The molecular weight excluding hydrogens is 348 g/mol. The average Bonchev–Trinajstić information content (AvgIpc) is 3.06. The maximum atomic E-state index is 13.5. The van der Waals surface area contributed by atoms with Crippen molar-refractivity contribution in [3.8, 4) is 0 Å². The summed E-state index contributed by atoms with van der Waals surface area (Å²) in [4.78, 5) is 22.2. The molecule has 0 aliphatic carbocycles. The van der Waals surface area contributed by atoms with Gasteiger partial charge in [0.1, 0.15) is 6.54 Å². The first kappa shape index (κ1) is 17.9. The van der Waals surface area contributed by atoms with E-state index in [9.17, 15) is 23.7 Å². The van der Waals surface area contributed by atoms with Gasteiger partial charge in [-0.25, -0.2) is 8.78 Å². The number of nitrogens with one attached hydrogen (secondary N) is 2. The van der Waals surface area contributed by atoms with Gasteiger partial charge in [0.15, 0.2) is 11.6 Å². The topological polar surface area (TPSA) is 102 Å². The molecule has 2 unspecified atom stereocenters. The van der Waals surface area contributed by atoms with Gasteiger partial charge in [0.2, 0.25) is 5.91 Å². The van der Waals surface area contributed by atoms with Gasteiger partial charge in [-0.1, -0.05) is 6.07 Å². The van der Waals surface area contributed by atoms with Crippen LogP contribution in [0.4, 0.5) is 14.6 Å². The fourth-order valence-electron chi connectivity index (χ4n) is 3.09. The van der Waals surface area contributed by atoms with Crippen molar-refractivity contribution < 1.29 is 18.5 Å². The zero-order chi connectivity index (χ0) is 18.7. The summed E-state index contributed by atoms with van der Waals surface area (Å²) >= 11 is 0. The molecule has 0 spiro atoms. The Morgan fingerprint density at radius 1 is 1.38 bits per heavy atom. The molecule has 2 atom stereocenters. The molecule has 0 saturated carbocycles. The molecule has 1 aromatic carbocycles. The van der Waals surface area contributed by atoms with Gasteiger partial charge in [0.05, 0.1) is 17.4 Å². The number of amides is 1. The molecule has 2 heterocycles. The number of carbonyl (C=O) groups excluding carboxylic acids is 1. The van der Waals surface area contributed by atoms with Crippen LogP contribution in [0.5, 0.6) is 0 Å². The summed E-state index contributed by atoms with van der Waals surface area (Å²) < 4.78 is 27.9. The van der Waals surface area contributed by atoms with Crippen molar-refractivity contribution in [3.63, 3.8) is 0 Å². The van der Waals surface area contributed by atoms with Crippen LogP contribution in [-0.2, 0) is 11.3 Å². The molecule has 2 N–H and O–H groups in total. The van der Waals surface area contributed by atoms with Crippen molar-refractivity contribution in [2.24, 2.45) is 0 Å². The first-order valence-corrected chi connectivity index (χ1v) is 8.07. The third kappa shape index (κ3) is 4.02. The van der Waals surface area contributed by atoms with Crippen LogP contribution < -0.4 is 10.6 Å². The number of piperidine rings is 1. The maximum absolute atomic E-state index is 13.5. The second kappa shape index (κ2) is 7.56. The molecule has 1 aliphatic heterocycles. The largest absolute Gasteiger partial charge is 0.389 e. The Balaban J connectivity index is 1.68. The molecule has 1 aliphatic rings. The lowest BCUT2D eigenvalue weighted by Gasteiger charge is -2.33. The van der Waals surface area contributed by atoms with Crippen molar-refractivity contribution in [1.82, 2.24) is 20.4 Å². The van der Waals surface area contributed by atoms with E-state index in [0.717, 1.165) is 12.1 Å². The SMILES string of the molecule is O=C(Cn1ccc([N+](=O)[O-])n1)NC1CNCCC1c1ccc(F)c(F)c1. The number of nitrogens with zero attached hydrogens (tertiary/aromatic N) is 3. The lowest BCUT2D eigenvalue weighted by Crippen LogP contribution is -2.50. The number of rotatable bonds is 5. The third-order valence-corrected chi connectivity index (χ3v) is 4.32. The van der Waals surface area contributed by atoms with Crippen LogP contribution >= 0.6 is 0 Å². The van der Waals surface area contributed by atoms with Crippen LogP contribution in [0.15, 0.2) is 30.5 Å². The van der Waals surface area contributed by atoms with Gasteiger partial charge < -0.3 is 20.7 Å². The number of halogens is 2. The van der Waals surface area contributed by atoms with Gasteiger partial charge >= 0.3 is 5.82 Å². The zero-order valence-corrected chi connectivity index (χ0v) is 13.7. The molecule has 1 saturated heterocycles. The zero-order valence-electron chi connectivity index (χ0n) is 13.7. The van der Waals surface area contributed by atoms with Crippen LogP contribution in [0.25, 0.3) is 0 Å². The molecule has 1 aromatic heterocycles. The Bertz CT molecular complexity index is 826. The van der Waals surface area contributed by atoms with Crippen molar-refractivity contribution in [2.75, 3.05) is 13.1 Å². The van der Waals surface area contributed by atoms with Gasteiger partial charge in [-0.3, -0.25) is 4.79 Å². The standard InChI is InChI=1S/C16H17F2N5O3/c17-12-2-1-10(7-13(12)18)11-3-5-19-8-14(11)20-16(24)9-22-6-4-15(21-22)23(25)26/h1-2,4,6-7,11,14,19H,3,5,8-9H2,(H,20,24). The van der Waals surface area contributed by atoms with Gasteiger partial charge in [-0.15, -0.1) is 0 Å². The van der Waals surface area contributed by atoms with E-state index in [2.05, 4.69) is 15.7 Å². The smallest absolute Gasteiger partial charge is 0.358 e. The molecule has 1 fully saturated rings. The van der Waals surface area contributed by atoms with Crippen molar-refractivity contribution in [1.29, 1.82) is 0 Å². The molecule has 8 nitrogen and oxygen atoms in total. The highest BCUT2D eigenvalue weighted by molar-refractivity contribution is 5.76. The van der Waals surface area contributed by atoms with E-state index in [0.29, 0.717) is 25.1 Å². The van der Waals surface area contributed by atoms with E-state index < -0.39 is 16.6 Å². The normalized spacial score (nSPS) is 19.9. The van der Waals surface area contributed by atoms with Crippen LogP contribution in [0.2, 0.25) is 0 Å². The Morgan fingerprint density at radius 2 is 2.19 bits per heavy atom. The quantitative estimate of drug-likeness (QED) is 0.615. The predicted molar refractivity (Wildman–Crippen MR) is 87.4 cm³/mol. The van der Waals surface area contributed by atoms with Crippen molar-refractivity contribution in [3.05, 3.63) is 57.8 Å².